The largest absolute Gasteiger partial charge is 0.377 e. The van der Waals surface area contributed by atoms with Gasteiger partial charge in [-0.2, -0.15) is 0 Å². The van der Waals surface area contributed by atoms with Gasteiger partial charge in [-0.3, -0.25) is 0 Å². The molecule has 0 saturated heterocycles. The third-order valence-corrected chi connectivity index (χ3v) is 2.91. The lowest BCUT2D eigenvalue weighted by Gasteiger charge is -2.20. The van der Waals surface area contributed by atoms with Crippen molar-refractivity contribution in [3.63, 3.8) is 0 Å². The monoisotopic (exact) mass is 273 g/mol. The van der Waals surface area contributed by atoms with Crippen LogP contribution in [0.5, 0.6) is 0 Å². The van der Waals surface area contributed by atoms with Crippen LogP contribution in [0.3, 0.4) is 0 Å². The first kappa shape index (κ1) is 15.4. The summed E-state index contributed by atoms with van der Waals surface area (Å²) in [5, 5.41) is 3.47. The Morgan fingerprint density at radius 1 is 1.39 bits per heavy atom. The standard InChI is InChI=1S/C14H21ClFNO/c1-4-17-12(9-18-10(2)3)8-11-6-5-7-13(15)14(11)16/h5-7,10,12,17H,4,8-9H2,1-3H3. The van der Waals surface area contributed by atoms with Gasteiger partial charge in [0.05, 0.1) is 17.7 Å². The molecule has 1 unspecified atom stereocenters. The molecule has 0 fully saturated rings. The molecular weight excluding hydrogens is 253 g/mol. The molecule has 0 saturated carbocycles. The molecule has 0 bridgehead atoms. The van der Waals surface area contributed by atoms with Crippen molar-refractivity contribution in [1.29, 1.82) is 0 Å². The molecule has 1 aromatic rings. The zero-order valence-electron chi connectivity index (χ0n) is 11.2. The normalized spacial score (nSPS) is 13.0. The van der Waals surface area contributed by atoms with E-state index in [1.807, 2.05) is 20.8 Å². The van der Waals surface area contributed by atoms with Crippen molar-refractivity contribution in [3.05, 3.63) is 34.6 Å². The lowest BCUT2D eigenvalue weighted by molar-refractivity contribution is 0.0614. The van der Waals surface area contributed by atoms with Gasteiger partial charge in [0.15, 0.2) is 0 Å². The molecule has 18 heavy (non-hydrogen) atoms. The van der Waals surface area contributed by atoms with E-state index in [4.69, 9.17) is 16.3 Å². The average Bonchev–Trinajstić information content (AvgIpc) is 2.32. The van der Waals surface area contributed by atoms with Crippen molar-refractivity contribution in [2.45, 2.75) is 39.3 Å². The van der Waals surface area contributed by atoms with Crippen LogP contribution < -0.4 is 5.32 Å². The molecule has 102 valence electrons. The van der Waals surface area contributed by atoms with Crippen molar-refractivity contribution in [3.8, 4) is 0 Å². The molecule has 4 heteroatoms. The van der Waals surface area contributed by atoms with E-state index in [1.165, 1.54) is 0 Å². The summed E-state index contributed by atoms with van der Waals surface area (Å²) in [6, 6.07) is 5.20. The second kappa shape index (κ2) is 7.72. The van der Waals surface area contributed by atoms with Crippen LogP contribution in [0.15, 0.2) is 18.2 Å². The summed E-state index contributed by atoms with van der Waals surface area (Å²) in [6.45, 7) is 7.40. The summed E-state index contributed by atoms with van der Waals surface area (Å²) in [6.07, 6.45) is 0.753. The minimum atomic E-state index is -0.327. The van der Waals surface area contributed by atoms with Crippen molar-refractivity contribution in [1.82, 2.24) is 5.32 Å². The Hall–Kier alpha value is -0.640. The fraction of sp³-hybridized carbons (Fsp3) is 0.571. The smallest absolute Gasteiger partial charge is 0.145 e. The van der Waals surface area contributed by atoms with Gasteiger partial charge in [0, 0.05) is 6.04 Å². The van der Waals surface area contributed by atoms with E-state index in [0.717, 1.165) is 6.54 Å². The zero-order valence-corrected chi connectivity index (χ0v) is 11.9. The number of nitrogens with one attached hydrogen (secondary N) is 1. The molecule has 0 radical (unpaired) electrons. The van der Waals surface area contributed by atoms with Crippen LogP contribution >= 0.6 is 11.6 Å². The van der Waals surface area contributed by atoms with Crippen molar-refractivity contribution < 1.29 is 9.13 Å². The first-order valence-corrected chi connectivity index (χ1v) is 6.70. The fourth-order valence-electron chi connectivity index (χ4n) is 1.76. The maximum atomic E-state index is 13.8. The van der Waals surface area contributed by atoms with Crippen molar-refractivity contribution in [2.24, 2.45) is 0 Å². The second-order valence-corrected chi connectivity index (χ2v) is 4.96. The Balaban J connectivity index is 2.67. The Kier molecular flexibility index (Phi) is 6.61. The maximum absolute atomic E-state index is 13.8. The molecule has 1 N–H and O–H groups in total. The number of benzene rings is 1. The van der Waals surface area contributed by atoms with Gasteiger partial charge in [0.1, 0.15) is 5.82 Å². The molecule has 1 aromatic carbocycles. The minimum absolute atomic E-state index is 0.102. The van der Waals surface area contributed by atoms with E-state index in [2.05, 4.69) is 5.32 Å². The molecule has 0 aliphatic heterocycles. The minimum Gasteiger partial charge on any atom is -0.377 e. The number of rotatable bonds is 7. The van der Waals surface area contributed by atoms with E-state index >= 15 is 0 Å². The van der Waals surface area contributed by atoms with Gasteiger partial charge in [0.2, 0.25) is 0 Å². The Labute approximate surface area is 113 Å². The summed E-state index contributed by atoms with van der Waals surface area (Å²) in [7, 11) is 0. The number of hydrogen-bond acceptors (Lipinski definition) is 2. The van der Waals surface area contributed by atoms with E-state index in [0.29, 0.717) is 18.6 Å². The van der Waals surface area contributed by atoms with Gasteiger partial charge in [-0.05, 0) is 38.4 Å². The summed E-state index contributed by atoms with van der Waals surface area (Å²) in [5.41, 5.74) is 0.626. The first-order valence-electron chi connectivity index (χ1n) is 6.32. The van der Waals surface area contributed by atoms with Gasteiger partial charge in [-0.1, -0.05) is 30.7 Å². The van der Waals surface area contributed by atoms with Crippen LogP contribution in [0.25, 0.3) is 0 Å². The van der Waals surface area contributed by atoms with Crippen LogP contribution in [0.2, 0.25) is 5.02 Å². The molecule has 0 spiro atoms. The highest BCUT2D eigenvalue weighted by Gasteiger charge is 2.14. The lowest BCUT2D eigenvalue weighted by atomic mass is 10.1. The molecule has 0 heterocycles. The molecule has 1 rings (SSSR count). The molecule has 0 aliphatic carbocycles. The van der Waals surface area contributed by atoms with E-state index in [-0.39, 0.29) is 23.0 Å². The molecule has 0 amide bonds. The summed E-state index contributed by atoms with van der Waals surface area (Å²) in [4.78, 5) is 0. The highest BCUT2D eigenvalue weighted by atomic mass is 35.5. The molecule has 0 aromatic heterocycles. The van der Waals surface area contributed by atoms with Gasteiger partial charge in [-0.15, -0.1) is 0 Å². The Bertz CT molecular complexity index is 371. The van der Waals surface area contributed by atoms with Crippen LogP contribution in [0.4, 0.5) is 4.39 Å². The average molecular weight is 274 g/mol. The summed E-state index contributed by atoms with van der Waals surface area (Å²) < 4.78 is 19.4. The van der Waals surface area contributed by atoms with Gasteiger partial charge in [0.25, 0.3) is 0 Å². The number of hydrogen-bond donors (Lipinski definition) is 1. The number of ether oxygens (including phenoxy) is 1. The van der Waals surface area contributed by atoms with Crippen molar-refractivity contribution in [2.75, 3.05) is 13.2 Å². The van der Waals surface area contributed by atoms with E-state index in [1.54, 1.807) is 18.2 Å². The number of likely N-dealkylation sites (N-methyl/N-ethyl adjacent to an activating group) is 1. The fourth-order valence-corrected chi connectivity index (χ4v) is 1.95. The topological polar surface area (TPSA) is 21.3 Å². The highest BCUT2D eigenvalue weighted by molar-refractivity contribution is 6.30. The predicted octanol–water partition coefficient (Wildman–Crippen LogP) is 3.42. The Morgan fingerprint density at radius 2 is 2.11 bits per heavy atom. The zero-order chi connectivity index (χ0) is 13.5. The third kappa shape index (κ3) is 4.92. The quantitative estimate of drug-likeness (QED) is 0.822. The molecule has 2 nitrogen and oxygen atoms in total. The van der Waals surface area contributed by atoms with Crippen LogP contribution in [0.1, 0.15) is 26.3 Å². The lowest BCUT2D eigenvalue weighted by Crippen LogP contribution is -2.36. The summed E-state index contributed by atoms with van der Waals surface area (Å²) >= 11 is 5.78. The molecule has 1 atom stereocenters. The van der Waals surface area contributed by atoms with E-state index in [9.17, 15) is 4.39 Å². The van der Waals surface area contributed by atoms with Gasteiger partial charge in [-0.25, -0.2) is 4.39 Å². The maximum Gasteiger partial charge on any atom is 0.145 e. The van der Waals surface area contributed by atoms with Gasteiger partial charge < -0.3 is 10.1 Å². The van der Waals surface area contributed by atoms with Crippen LogP contribution in [-0.2, 0) is 11.2 Å². The van der Waals surface area contributed by atoms with E-state index < -0.39 is 0 Å². The van der Waals surface area contributed by atoms with Crippen molar-refractivity contribution >= 4 is 11.6 Å². The predicted molar refractivity (Wildman–Crippen MR) is 73.7 cm³/mol. The number of halogens is 2. The SMILES string of the molecule is CCNC(COC(C)C)Cc1cccc(Cl)c1F. The molecule has 0 aliphatic rings. The third-order valence-electron chi connectivity index (χ3n) is 2.62. The van der Waals surface area contributed by atoms with Gasteiger partial charge >= 0.3 is 0 Å². The highest BCUT2D eigenvalue weighted by Crippen LogP contribution is 2.19. The first-order chi connectivity index (χ1) is 8.54. The summed E-state index contributed by atoms with van der Waals surface area (Å²) in [5.74, 6) is -0.327. The van der Waals surface area contributed by atoms with Crippen LogP contribution in [-0.4, -0.2) is 25.3 Å². The Morgan fingerprint density at radius 3 is 2.72 bits per heavy atom. The second-order valence-electron chi connectivity index (χ2n) is 4.55. The van der Waals surface area contributed by atoms with Crippen LogP contribution in [0, 0.1) is 5.82 Å². The molecular formula is C14H21ClFNO.